The Balaban J connectivity index is 1.61. The third kappa shape index (κ3) is 2.85. The van der Waals surface area contributed by atoms with Crippen molar-refractivity contribution in [2.24, 2.45) is 0 Å². The van der Waals surface area contributed by atoms with E-state index in [0.29, 0.717) is 26.5 Å². The summed E-state index contributed by atoms with van der Waals surface area (Å²) in [6, 6.07) is 12.2. The van der Waals surface area contributed by atoms with Crippen LogP contribution in [-0.4, -0.2) is 15.5 Å². The third-order valence-electron chi connectivity index (χ3n) is 4.25. The molecule has 0 spiro atoms. The van der Waals surface area contributed by atoms with Gasteiger partial charge in [-0.1, -0.05) is 23.7 Å². The number of aromatic nitrogens is 2. The molecule has 4 rings (SSSR count). The lowest BCUT2D eigenvalue weighted by Crippen LogP contribution is -2.24. The Morgan fingerprint density at radius 1 is 1.31 bits per heavy atom. The summed E-state index contributed by atoms with van der Waals surface area (Å²) in [5.41, 5.74) is 1.93. The molecule has 2 aromatic carbocycles. The van der Waals surface area contributed by atoms with Crippen LogP contribution in [-0.2, 0) is 13.1 Å². The number of nitrogens with zero attached hydrogens (tertiary/aromatic N) is 2. The number of para-hydroxylation sites is 2. The average molecular weight is 388 g/mol. The monoisotopic (exact) mass is 387 g/mol. The van der Waals surface area contributed by atoms with Gasteiger partial charge < -0.3 is 9.88 Å². The van der Waals surface area contributed by atoms with Gasteiger partial charge in [-0.2, -0.15) is 0 Å². The molecule has 0 aliphatic rings. The predicted octanol–water partition coefficient (Wildman–Crippen LogP) is 4.99. The third-order valence-corrected chi connectivity index (χ3v) is 5.91. The van der Waals surface area contributed by atoms with E-state index in [1.807, 2.05) is 31.2 Å². The predicted molar refractivity (Wildman–Crippen MR) is 103 cm³/mol. The van der Waals surface area contributed by atoms with Crippen molar-refractivity contribution in [1.82, 2.24) is 14.9 Å². The largest absolute Gasteiger partial charge is 0.344 e. The van der Waals surface area contributed by atoms with Crippen LogP contribution in [0.15, 0.2) is 42.5 Å². The van der Waals surface area contributed by atoms with Crippen LogP contribution in [0.3, 0.4) is 0 Å². The minimum Gasteiger partial charge on any atom is -0.344 e. The molecule has 0 saturated heterocycles. The molecule has 0 unspecified atom stereocenters. The van der Waals surface area contributed by atoms with E-state index in [1.165, 1.54) is 23.5 Å². The normalized spacial score (nSPS) is 11.3. The lowest BCUT2D eigenvalue weighted by Gasteiger charge is -2.07. The molecule has 1 N–H and O–H groups in total. The minimum absolute atomic E-state index is 0.286. The molecule has 0 bridgehead atoms. The number of hydrogen-bond acceptors (Lipinski definition) is 3. The first kappa shape index (κ1) is 17.0. The van der Waals surface area contributed by atoms with Gasteiger partial charge in [0.05, 0.1) is 22.6 Å². The number of fused-ring (bicyclic) bond motifs is 2. The molecule has 26 heavy (non-hydrogen) atoms. The summed E-state index contributed by atoms with van der Waals surface area (Å²) in [6.07, 6.45) is 0. The summed E-state index contributed by atoms with van der Waals surface area (Å²) in [7, 11) is 0. The van der Waals surface area contributed by atoms with Crippen molar-refractivity contribution in [3.8, 4) is 0 Å². The smallest absolute Gasteiger partial charge is 0.263 e. The maximum Gasteiger partial charge on any atom is 0.263 e. The van der Waals surface area contributed by atoms with Gasteiger partial charge in [0.1, 0.15) is 16.5 Å². The van der Waals surface area contributed by atoms with Crippen molar-refractivity contribution in [2.45, 2.75) is 20.0 Å². The summed E-state index contributed by atoms with van der Waals surface area (Å²) in [5.74, 6) is 0.149. The zero-order valence-electron chi connectivity index (χ0n) is 13.9. The van der Waals surface area contributed by atoms with Gasteiger partial charge in [-0.25, -0.2) is 9.37 Å². The molecule has 0 fully saturated rings. The van der Waals surface area contributed by atoms with Gasteiger partial charge in [0.2, 0.25) is 0 Å². The summed E-state index contributed by atoms with van der Waals surface area (Å²) in [6.45, 7) is 3.09. The SMILES string of the molecule is CCn1c(CNC(=O)c2sc3cc(F)ccc3c2Cl)nc2ccccc21. The number of nitrogens with one attached hydrogen (secondary N) is 1. The Kier molecular flexibility index (Phi) is 4.38. The minimum atomic E-state index is -0.348. The number of imidazole rings is 1. The zero-order valence-corrected chi connectivity index (χ0v) is 15.5. The quantitative estimate of drug-likeness (QED) is 0.536. The maximum absolute atomic E-state index is 13.4. The standard InChI is InChI=1S/C19H15ClFN3OS/c1-2-24-14-6-4-3-5-13(14)23-16(24)10-22-19(25)18-17(20)12-8-7-11(21)9-15(12)26-18/h3-9H,2,10H2,1H3,(H,22,25). The molecule has 132 valence electrons. The lowest BCUT2D eigenvalue weighted by molar-refractivity contribution is 0.0954. The first-order chi connectivity index (χ1) is 12.6. The molecule has 2 aromatic heterocycles. The molecule has 0 radical (unpaired) electrons. The average Bonchev–Trinajstić information content (AvgIpc) is 3.16. The van der Waals surface area contributed by atoms with E-state index >= 15 is 0 Å². The molecule has 2 heterocycles. The first-order valence-electron chi connectivity index (χ1n) is 8.18. The molecular formula is C19H15ClFN3OS. The highest BCUT2D eigenvalue weighted by Crippen LogP contribution is 2.35. The van der Waals surface area contributed by atoms with Gasteiger partial charge >= 0.3 is 0 Å². The highest BCUT2D eigenvalue weighted by molar-refractivity contribution is 7.21. The fourth-order valence-corrected chi connectivity index (χ4v) is 4.50. The highest BCUT2D eigenvalue weighted by Gasteiger charge is 2.18. The summed E-state index contributed by atoms with van der Waals surface area (Å²) in [5, 5.41) is 3.91. The number of halogens is 2. The van der Waals surface area contributed by atoms with E-state index in [1.54, 1.807) is 6.07 Å². The van der Waals surface area contributed by atoms with Crippen LogP contribution in [0.1, 0.15) is 22.4 Å². The second-order valence-corrected chi connectivity index (χ2v) is 7.26. The fourth-order valence-electron chi connectivity index (χ4n) is 3.04. The Morgan fingerprint density at radius 3 is 2.92 bits per heavy atom. The van der Waals surface area contributed by atoms with Crippen molar-refractivity contribution in [2.75, 3.05) is 0 Å². The van der Waals surface area contributed by atoms with Gasteiger partial charge in [-0.15, -0.1) is 11.3 Å². The number of rotatable bonds is 4. The molecule has 0 saturated carbocycles. The number of thiophene rings is 1. The van der Waals surface area contributed by atoms with Crippen LogP contribution in [0.4, 0.5) is 4.39 Å². The molecule has 0 atom stereocenters. The van der Waals surface area contributed by atoms with Crippen molar-refractivity contribution >= 4 is 50.0 Å². The van der Waals surface area contributed by atoms with Gasteiger partial charge in [0.25, 0.3) is 5.91 Å². The molecular weight excluding hydrogens is 373 g/mol. The van der Waals surface area contributed by atoms with Crippen molar-refractivity contribution < 1.29 is 9.18 Å². The molecule has 4 nitrogen and oxygen atoms in total. The summed E-state index contributed by atoms with van der Waals surface area (Å²) < 4.78 is 16.1. The lowest BCUT2D eigenvalue weighted by atomic mass is 10.2. The molecule has 0 aliphatic carbocycles. The number of aryl methyl sites for hydroxylation is 1. The van der Waals surface area contributed by atoms with Crippen LogP contribution in [0, 0.1) is 5.82 Å². The second-order valence-electron chi connectivity index (χ2n) is 5.83. The van der Waals surface area contributed by atoms with Crippen LogP contribution in [0.25, 0.3) is 21.1 Å². The number of carbonyl (C=O) groups is 1. The van der Waals surface area contributed by atoms with Crippen LogP contribution in [0.5, 0.6) is 0 Å². The van der Waals surface area contributed by atoms with E-state index in [-0.39, 0.29) is 11.7 Å². The Morgan fingerprint density at radius 2 is 2.12 bits per heavy atom. The fraction of sp³-hybridized carbons (Fsp3) is 0.158. The summed E-state index contributed by atoms with van der Waals surface area (Å²) in [4.78, 5) is 17.6. The van der Waals surface area contributed by atoms with E-state index < -0.39 is 0 Å². The van der Waals surface area contributed by atoms with Crippen molar-refractivity contribution in [1.29, 1.82) is 0 Å². The van der Waals surface area contributed by atoms with Crippen molar-refractivity contribution in [3.63, 3.8) is 0 Å². The van der Waals surface area contributed by atoms with E-state index in [2.05, 4.69) is 14.9 Å². The maximum atomic E-state index is 13.4. The summed E-state index contributed by atoms with van der Waals surface area (Å²) >= 11 is 7.50. The molecule has 0 aliphatic heterocycles. The number of amides is 1. The molecule has 7 heteroatoms. The van der Waals surface area contributed by atoms with Crippen LogP contribution >= 0.6 is 22.9 Å². The van der Waals surface area contributed by atoms with Gasteiger partial charge in [0.15, 0.2) is 0 Å². The van der Waals surface area contributed by atoms with E-state index in [0.717, 1.165) is 23.4 Å². The second kappa shape index (κ2) is 6.70. The van der Waals surface area contributed by atoms with Crippen LogP contribution < -0.4 is 5.32 Å². The van der Waals surface area contributed by atoms with Gasteiger partial charge in [-0.3, -0.25) is 4.79 Å². The number of benzene rings is 2. The number of hydrogen-bond donors (Lipinski definition) is 1. The molecule has 4 aromatic rings. The first-order valence-corrected chi connectivity index (χ1v) is 9.38. The van der Waals surface area contributed by atoms with E-state index in [4.69, 9.17) is 11.6 Å². The zero-order chi connectivity index (χ0) is 18.3. The molecule has 1 amide bonds. The topological polar surface area (TPSA) is 46.9 Å². The number of carbonyl (C=O) groups excluding carboxylic acids is 1. The highest BCUT2D eigenvalue weighted by atomic mass is 35.5. The van der Waals surface area contributed by atoms with Crippen molar-refractivity contribution in [3.05, 3.63) is 64.0 Å². The van der Waals surface area contributed by atoms with E-state index in [9.17, 15) is 9.18 Å². The van der Waals surface area contributed by atoms with Gasteiger partial charge in [0, 0.05) is 16.6 Å². The Hall–Kier alpha value is -2.44. The Bertz CT molecular complexity index is 1130. The van der Waals surface area contributed by atoms with Gasteiger partial charge in [-0.05, 0) is 37.3 Å². The Labute approximate surface area is 158 Å². The van der Waals surface area contributed by atoms with Crippen LogP contribution in [0.2, 0.25) is 5.02 Å².